The molecule has 14 heavy (non-hydrogen) atoms. The molecule has 1 saturated heterocycles. The van der Waals surface area contributed by atoms with E-state index in [2.05, 4.69) is 30.3 Å². The van der Waals surface area contributed by atoms with Gasteiger partial charge in [-0.3, -0.25) is 0 Å². The summed E-state index contributed by atoms with van der Waals surface area (Å²) in [7, 11) is 0. The summed E-state index contributed by atoms with van der Waals surface area (Å²) in [4.78, 5) is 0. The quantitative estimate of drug-likeness (QED) is 0.635. The van der Waals surface area contributed by atoms with Crippen LogP contribution in [-0.4, -0.2) is 13.2 Å². The van der Waals surface area contributed by atoms with Crippen molar-refractivity contribution in [2.45, 2.75) is 12.8 Å². The molecule has 0 spiro atoms. The Kier molecular flexibility index (Phi) is 2.81. The molecule has 0 aromatic rings. The molecular formula is C12H13NO. The first kappa shape index (κ1) is 9.23. The summed E-state index contributed by atoms with van der Waals surface area (Å²) in [6.45, 7) is 1.55. The zero-order valence-corrected chi connectivity index (χ0v) is 8.07. The average Bonchev–Trinajstić information content (AvgIpc) is 2.25. The van der Waals surface area contributed by atoms with E-state index in [0.29, 0.717) is 0 Å². The highest BCUT2D eigenvalue weighted by Gasteiger charge is 2.11. The highest BCUT2D eigenvalue weighted by molar-refractivity contribution is 5.75. The van der Waals surface area contributed by atoms with Gasteiger partial charge in [-0.25, -0.2) is 0 Å². The second-order valence-corrected chi connectivity index (χ2v) is 3.59. The third-order valence-electron chi connectivity index (χ3n) is 2.62. The summed E-state index contributed by atoms with van der Waals surface area (Å²) < 4.78 is 5.05. The van der Waals surface area contributed by atoms with Crippen molar-refractivity contribution in [3.63, 3.8) is 0 Å². The van der Waals surface area contributed by atoms with Gasteiger partial charge in [0.05, 0.1) is 12.0 Å². The van der Waals surface area contributed by atoms with Crippen molar-refractivity contribution in [1.29, 1.82) is 5.26 Å². The molecule has 0 N–H and O–H groups in total. The average molecular weight is 187 g/mol. The van der Waals surface area contributed by atoms with Crippen LogP contribution in [0.4, 0.5) is 0 Å². The van der Waals surface area contributed by atoms with Crippen molar-refractivity contribution in [3.05, 3.63) is 24.3 Å². The first-order chi connectivity index (χ1) is 6.90. The Morgan fingerprint density at radius 1 is 1.07 bits per heavy atom. The Bertz CT molecular complexity index is 309. The third-order valence-corrected chi connectivity index (χ3v) is 2.62. The first-order valence-corrected chi connectivity index (χ1v) is 4.98. The standard InChI is InChI=1S/C6H9NO.C6H4/c7-5-6-1-3-8-4-2-6;1-2-6-4-3-5(1)6/h6H,1-4H2;1-4H. The van der Waals surface area contributed by atoms with E-state index in [1.54, 1.807) is 0 Å². The predicted molar refractivity (Wildman–Crippen MR) is 54.6 cm³/mol. The van der Waals surface area contributed by atoms with Gasteiger partial charge in [0.1, 0.15) is 0 Å². The van der Waals surface area contributed by atoms with Crippen molar-refractivity contribution in [2.75, 3.05) is 13.2 Å². The Morgan fingerprint density at radius 3 is 1.79 bits per heavy atom. The van der Waals surface area contributed by atoms with Gasteiger partial charge >= 0.3 is 0 Å². The van der Waals surface area contributed by atoms with Crippen LogP contribution in [0.15, 0.2) is 24.3 Å². The molecule has 0 radical (unpaired) electrons. The zero-order valence-electron chi connectivity index (χ0n) is 8.07. The molecule has 1 heterocycles. The van der Waals surface area contributed by atoms with Crippen LogP contribution >= 0.6 is 0 Å². The van der Waals surface area contributed by atoms with Gasteiger partial charge in [-0.05, 0) is 24.0 Å². The maximum atomic E-state index is 8.39. The van der Waals surface area contributed by atoms with Crippen LogP contribution in [0.3, 0.4) is 0 Å². The molecule has 0 saturated carbocycles. The van der Waals surface area contributed by atoms with E-state index in [4.69, 9.17) is 10.00 Å². The SMILES string of the molecule is N#CC1CCOCC1.c1cc2ccc1-2. The van der Waals surface area contributed by atoms with Crippen LogP contribution in [0, 0.1) is 17.2 Å². The highest BCUT2D eigenvalue weighted by Crippen LogP contribution is 2.29. The lowest BCUT2D eigenvalue weighted by Gasteiger charge is -2.14. The van der Waals surface area contributed by atoms with Gasteiger partial charge in [0.2, 0.25) is 0 Å². The number of hydrogen-bond acceptors (Lipinski definition) is 2. The molecule has 0 aromatic carbocycles. The smallest absolute Gasteiger partial charge is 0.0657 e. The Balaban J connectivity index is 0.000000110. The number of rotatable bonds is 0. The first-order valence-electron chi connectivity index (χ1n) is 4.98. The molecule has 0 bridgehead atoms. The molecule has 0 aromatic heterocycles. The van der Waals surface area contributed by atoms with Crippen molar-refractivity contribution in [3.8, 4) is 17.2 Å². The maximum Gasteiger partial charge on any atom is 0.0657 e. The predicted octanol–water partition coefficient (Wildman–Crippen LogP) is 2.60. The molecule has 2 heteroatoms. The van der Waals surface area contributed by atoms with E-state index in [0.717, 1.165) is 26.1 Å². The van der Waals surface area contributed by atoms with Crippen LogP contribution in [0.2, 0.25) is 0 Å². The van der Waals surface area contributed by atoms with Gasteiger partial charge in [-0.1, -0.05) is 24.3 Å². The van der Waals surface area contributed by atoms with E-state index in [1.807, 2.05) is 0 Å². The van der Waals surface area contributed by atoms with Crippen LogP contribution in [0.25, 0.3) is 11.1 Å². The van der Waals surface area contributed by atoms with Crippen LogP contribution in [0.5, 0.6) is 0 Å². The summed E-state index contributed by atoms with van der Waals surface area (Å²) in [5, 5.41) is 8.39. The largest absolute Gasteiger partial charge is 0.381 e. The molecule has 0 amide bonds. The monoisotopic (exact) mass is 187 g/mol. The van der Waals surface area contributed by atoms with Crippen molar-refractivity contribution >= 4 is 0 Å². The lowest BCUT2D eigenvalue weighted by Crippen LogP contribution is -2.13. The number of nitriles is 1. The molecule has 1 fully saturated rings. The summed E-state index contributed by atoms with van der Waals surface area (Å²) in [5.41, 5.74) is 2.85. The lowest BCUT2D eigenvalue weighted by molar-refractivity contribution is 0.0802. The summed E-state index contributed by atoms with van der Waals surface area (Å²) in [6.07, 6.45) is 1.85. The van der Waals surface area contributed by atoms with Gasteiger partial charge in [-0.15, -0.1) is 0 Å². The highest BCUT2D eigenvalue weighted by atomic mass is 16.5. The molecule has 3 aliphatic rings. The molecular weight excluding hydrogens is 174 g/mol. The van der Waals surface area contributed by atoms with E-state index in [-0.39, 0.29) is 5.92 Å². The summed E-state index contributed by atoms with van der Waals surface area (Å²) >= 11 is 0. The van der Waals surface area contributed by atoms with Gasteiger partial charge in [0, 0.05) is 13.2 Å². The van der Waals surface area contributed by atoms with Crippen LogP contribution < -0.4 is 0 Å². The van der Waals surface area contributed by atoms with Crippen molar-refractivity contribution in [2.24, 2.45) is 5.92 Å². The van der Waals surface area contributed by atoms with E-state index >= 15 is 0 Å². The minimum atomic E-state index is 0.267. The van der Waals surface area contributed by atoms with Gasteiger partial charge in [0.25, 0.3) is 0 Å². The maximum absolute atomic E-state index is 8.39. The Morgan fingerprint density at radius 2 is 1.57 bits per heavy atom. The van der Waals surface area contributed by atoms with Crippen molar-refractivity contribution in [1.82, 2.24) is 0 Å². The minimum Gasteiger partial charge on any atom is -0.381 e. The molecule has 2 aliphatic carbocycles. The molecule has 2 nitrogen and oxygen atoms in total. The molecule has 3 rings (SSSR count). The normalized spacial score (nSPS) is 17.6. The third kappa shape index (κ3) is 1.94. The topological polar surface area (TPSA) is 33.0 Å². The van der Waals surface area contributed by atoms with Crippen LogP contribution in [-0.2, 0) is 4.74 Å². The fourth-order valence-corrected chi connectivity index (χ4v) is 1.49. The Hall–Kier alpha value is -1.33. The molecule has 0 unspecified atom stereocenters. The van der Waals surface area contributed by atoms with Gasteiger partial charge in [-0.2, -0.15) is 5.26 Å². The number of benzene rings is 1. The van der Waals surface area contributed by atoms with Crippen LogP contribution in [0.1, 0.15) is 12.8 Å². The number of hydrogen-bond donors (Lipinski definition) is 0. The second kappa shape index (κ2) is 4.26. The summed E-state index contributed by atoms with van der Waals surface area (Å²) in [6, 6.07) is 10.7. The van der Waals surface area contributed by atoms with Crippen molar-refractivity contribution < 1.29 is 4.74 Å². The zero-order chi connectivity index (χ0) is 9.80. The number of nitrogens with zero attached hydrogens (tertiary/aromatic N) is 1. The fourth-order valence-electron chi connectivity index (χ4n) is 1.49. The van der Waals surface area contributed by atoms with E-state index < -0.39 is 0 Å². The fraction of sp³-hybridized carbons (Fsp3) is 0.417. The molecule has 0 atom stereocenters. The van der Waals surface area contributed by atoms with Gasteiger partial charge < -0.3 is 4.74 Å². The van der Waals surface area contributed by atoms with E-state index in [1.165, 1.54) is 11.1 Å². The lowest BCUT2D eigenvalue weighted by atomic mass is 9.95. The molecule has 72 valence electrons. The second-order valence-electron chi connectivity index (χ2n) is 3.59. The number of ether oxygens (including phenoxy) is 1. The minimum absolute atomic E-state index is 0.267. The van der Waals surface area contributed by atoms with Gasteiger partial charge in [0.15, 0.2) is 0 Å². The van der Waals surface area contributed by atoms with E-state index in [9.17, 15) is 0 Å². The summed E-state index contributed by atoms with van der Waals surface area (Å²) in [5.74, 6) is 0.267. The number of fused-ring (bicyclic) bond motifs is 1. The Labute approximate surface area is 84.1 Å². The molecule has 1 aliphatic heterocycles.